The van der Waals surface area contributed by atoms with E-state index in [0.29, 0.717) is 10.7 Å². The van der Waals surface area contributed by atoms with Gasteiger partial charge in [0.1, 0.15) is 0 Å². The molecule has 0 aliphatic rings. The maximum atomic E-state index is 6.02. The Morgan fingerprint density at radius 1 is 1.36 bits per heavy atom. The SMILES string of the molecule is Cc1nn(-c2ccccc2Cl)cc1N. The van der Waals surface area contributed by atoms with E-state index in [4.69, 9.17) is 17.3 Å². The van der Waals surface area contributed by atoms with Gasteiger partial charge in [0.25, 0.3) is 0 Å². The predicted molar refractivity (Wildman–Crippen MR) is 57.7 cm³/mol. The molecule has 14 heavy (non-hydrogen) atoms. The Labute approximate surface area is 87.1 Å². The average Bonchev–Trinajstić information content (AvgIpc) is 2.48. The molecule has 0 aliphatic carbocycles. The number of nitrogens with two attached hydrogens (primary N) is 1. The molecule has 0 atom stereocenters. The van der Waals surface area contributed by atoms with Gasteiger partial charge in [-0.15, -0.1) is 0 Å². The highest BCUT2D eigenvalue weighted by atomic mass is 35.5. The summed E-state index contributed by atoms with van der Waals surface area (Å²) in [5.74, 6) is 0. The first-order valence-electron chi connectivity index (χ1n) is 4.25. The van der Waals surface area contributed by atoms with Crippen LogP contribution in [0.5, 0.6) is 0 Å². The third kappa shape index (κ3) is 1.46. The summed E-state index contributed by atoms with van der Waals surface area (Å²) >= 11 is 6.02. The lowest BCUT2D eigenvalue weighted by Gasteiger charge is -2.02. The molecule has 0 spiro atoms. The summed E-state index contributed by atoms with van der Waals surface area (Å²) in [4.78, 5) is 0. The number of halogens is 1. The molecule has 2 rings (SSSR count). The molecule has 4 heteroatoms. The number of nitrogens with zero attached hydrogens (tertiary/aromatic N) is 2. The van der Waals surface area contributed by atoms with Gasteiger partial charge in [-0.25, -0.2) is 4.68 Å². The highest BCUT2D eigenvalue weighted by molar-refractivity contribution is 6.32. The van der Waals surface area contributed by atoms with E-state index >= 15 is 0 Å². The Hall–Kier alpha value is -1.48. The number of hydrogen-bond donors (Lipinski definition) is 1. The smallest absolute Gasteiger partial charge is 0.0832 e. The van der Waals surface area contributed by atoms with Crippen LogP contribution in [0.3, 0.4) is 0 Å². The monoisotopic (exact) mass is 207 g/mol. The van der Waals surface area contributed by atoms with E-state index < -0.39 is 0 Å². The van der Waals surface area contributed by atoms with Gasteiger partial charge in [-0.3, -0.25) is 0 Å². The van der Waals surface area contributed by atoms with Gasteiger partial charge in [-0.1, -0.05) is 23.7 Å². The molecule has 2 N–H and O–H groups in total. The van der Waals surface area contributed by atoms with Gasteiger partial charge in [0.15, 0.2) is 0 Å². The van der Waals surface area contributed by atoms with Crippen molar-refractivity contribution < 1.29 is 0 Å². The standard InChI is InChI=1S/C10H10ClN3/c1-7-9(12)6-14(13-7)10-5-3-2-4-8(10)11/h2-6H,12H2,1H3. The van der Waals surface area contributed by atoms with Gasteiger partial charge in [-0.2, -0.15) is 5.10 Å². The molecule has 0 saturated heterocycles. The van der Waals surface area contributed by atoms with Crippen LogP contribution >= 0.6 is 11.6 Å². The maximum Gasteiger partial charge on any atom is 0.0832 e. The first-order chi connectivity index (χ1) is 6.68. The Kier molecular flexibility index (Phi) is 2.17. The molecule has 1 aromatic heterocycles. The molecule has 0 radical (unpaired) electrons. The van der Waals surface area contributed by atoms with Crippen LogP contribution in [0.15, 0.2) is 30.5 Å². The number of aromatic nitrogens is 2. The lowest BCUT2D eigenvalue weighted by molar-refractivity contribution is 0.863. The van der Waals surface area contributed by atoms with E-state index in [0.717, 1.165) is 11.4 Å². The number of benzene rings is 1. The highest BCUT2D eigenvalue weighted by Gasteiger charge is 2.05. The van der Waals surface area contributed by atoms with Crippen LogP contribution in [0.4, 0.5) is 5.69 Å². The number of aryl methyl sites for hydroxylation is 1. The number of rotatable bonds is 1. The van der Waals surface area contributed by atoms with Crippen LogP contribution in [0, 0.1) is 6.92 Å². The highest BCUT2D eigenvalue weighted by Crippen LogP contribution is 2.20. The lowest BCUT2D eigenvalue weighted by Crippen LogP contribution is -1.95. The van der Waals surface area contributed by atoms with Crippen LogP contribution in [0.2, 0.25) is 5.02 Å². The number of hydrogen-bond acceptors (Lipinski definition) is 2. The van der Waals surface area contributed by atoms with E-state index in [-0.39, 0.29) is 0 Å². The Balaban J connectivity index is 2.55. The van der Waals surface area contributed by atoms with Gasteiger partial charge < -0.3 is 5.73 Å². The molecule has 0 aliphatic heterocycles. The summed E-state index contributed by atoms with van der Waals surface area (Å²) < 4.78 is 1.69. The minimum atomic E-state index is 0.662. The molecule has 1 heterocycles. The lowest BCUT2D eigenvalue weighted by atomic mass is 10.3. The summed E-state index contributed by atoms with van der Waals surface area (Å²) in [5.41, 5.74) is 8.02. The number of nitrogen functional groups attached to an aromatic ring is 1. The zero-order chi connectivity index (χ0) is 10.1. The molecule has 0 saturated carbocycles. The van der Waals surface area contributed by atoms with Crippen molar-refractivity contribution in [3.8, 4) is 5.69 Å². The summed E-state index contributed by atoms with van der Waals surface area (Å²) in [6.45, 7) is 1.86. The Morgan fingerprint density at radius 2 is 2.07 bits per heavy atom. The minimum absolute atomic E-state index is 0.662. The fourth-order valence-corrected chi connectivity index (χ4v) is 1.46. The molecule has 72 valence electrons. The first-order valence-corrected chi connectivity index (χ1v) is 4.63. The Bertz CT molecular complexity index is 443. The molecule has 0 unspecified atom stereocenters. The second-order valence-electron chi connectivity index (χ2n) is 3.07. The number of para-hydroxylation sites is 1. The molecule has 1 aromatic carbocycles. The van der Waals surface area contributed by atoms with E-state index in [1.54, 1.807) is 10.9 Å². The van der Waals surface area contributed by atoms with Crippen molar-refractivity contribution in [2.24, 2.45) is 0 Å². The van der Waals surface area contributed by atoms with E-state index in [9.17, 15) is 0 Å². The van der Waals surface area contributed by atoms with Crippen molar-refractivity contribution in [2.75, 3.05) is 5.73 Å². The zero-order valence-corrected chi connectivity index (χ0v) is 8.49. The van der Waals surface area contributed by atoms with Crippen molar-refractivity contribution in [1.29, 1.82) is 0 Å². The van der Waals surface area contributed by atoms with E-state index in [1.807, 2.05) is 31.2 Å². The first kappa shape index (κ1) is 9.09. The summed E-state index contributed by atoms with van der Waals surface area (Å²) in [6.07, 6.45) is 1.76. The fraction of sp³-hybridized carbons (Fsp3) is 0.100. The third-order valence-electron chi connectivity index (χ3n) is 2.04. The van der Waals surface area contributed by atoms with Crippen molar-refractivity contribution >= 4 is 17.3 Å². The van der Waals surface area contributed by atoms with Crippen molar-refractivity contribution in [2.45, 2.75) is 6.92 Å². The molecule has 3 nitrogen and oxygen atoms in total. The van der Waals surface area contributed by atoms with Crippen molar-refractivity contribution in [3.05, 3.63) is 41.2 Å². The van der Waals surface area contributed by atoms with Crippen LogP contribution in [-0.2, 0) is 0 Å². The zero-order valence-electron chi connectivity index (χ0n) is 7.74. The topological polar surface area (TPSA) is 43.8 Å². The molecule has 2 aromatic rings. The summed E-state index contributed by atoms with van der Waals surface area (Å²) in [5, 5.41) is 4.91. The third-order valence-corrected chi connectivity index (χ3v) is 2.36. The minimum Gasteiger partial charge on any atom is -0.396 e. The van der Waals surface area contributed by atoms with E-state index in [2.05, 4.69) is 5.10 Å². The van der Waals surface area contributed by atoms with Crippen LogP contribution in [0.1, 0.15) is 5.69 Å². The van der Waals surface area contributed by atoms with Crippen LogP contribution < -0.4 is 5.73 Å². The molecular weight excluding hydrogens is 198 g/mol. The largest absolute Gasteiger partial charge is 0.396 e. The van der Waals surface area contributed by atoms with Gasteiger partial charge in [0.05, 0.1) is 28.3 Å². The van der Waals surface area contributed by atoms with Crippen LogP contribution in [0.25, 0.3) is 5.69 Å². The predicted octanol–water partition coefficient (Wildman–Crippen LogP) is 2.42. The fourth-order valence-electron chi connectivity index (χ4n) is 1.23. The number of anilines is 1. The molecule has 0 amide bonds. The van der Waals surface area contributed by atoms with Gasteiger partial charge in [0.2, 0.25) is 0 Å². The molecule has 0 fully saturated rings. The van der Waals surface area contributed by atoms with Crippen LogP contribution in [-0.4, -0.2) is 9.78 Å². The Morgan fingerprint density at radius 3 is 2.64 bits per heavy atom. The van der Waals surface area contributed by atoms with Gasteiger partial charge >= 0.3 is 0 Å². The quantitative estimate of drug-likeness (QED) is 0.781. The average molecular weight is 208 g/mol. The van der Waals surface area contributed by atoms with E-state index in [1.165, 1.54) is 0 Å². The van der Waals surface area contributed by atoms with Crippen molar-refractivity contribution in [3.63, 3.8) is 0 Å². The second-order valence-corrected chi connectivity index (χ2v) is 3.47. The normalized spacial score (nSPS) is 10.4. The van der Waals surface area contributed by atoms with Gasteiger partial charge in [-0.05, 0) is 19.1 Å². The summed E-state index contributed by atoms with van der Waals surface area (Å²) in [6, 6.07) is 7.51. The second kappa shape index (κ2) is 3.35. The maximum absolute atomic E-state index is 6.02. The van der Waals surface area contributed by atoms with Crippen molar-refractivity contribution in [1.82, 2.24) is 9.78 Å². The van der Waals surface area contributed by atoms with Gasteiger partial charge in [0, 0.05) is 0 Å². The molecule has 0 bridgehead atoms. The summed E-state index contributed by atoms with van der Waals surface area (Å²) in [7, 11) is 0. The molecular formula is C10H10ClN3.